The van der Waals surface area contributed by atoms with Crippen LogP contribution in [0.15, 0.2) is 60.8 Å². The van der Waals surface area contributed by atoms with Gasteiger partial charge in [-0.15, -0.1) is 0 Å². The third-order valence-electron chi connectivity index (χ3n) is 10.3. The van der Waals surface area contributed by atoms with Crippen molar-refractivity contribution in [3.8, 4) is 0 Å². The zero-order chi connectivity index (χ0) is 45.0. The Kier molecular flexibility index (Phi) is 34.3. The maximum atomic E-state index is 12.8. The first kappa shape index (κ1) is 56.6. The minimum Gasteiger partial charge on any atom is -0.462 e. The molecule has 13 nitrogen and oxygen atoms in total. The molecule has 0 aromatic rings. The largest absolute Gasteiger partial charge is 0.472 e. The van der Waals surface area contributed by atoms with Crippen LogP contribution < -0.4 is 0 Å². The van der Waals surface area contributed by atoms with Gasteiger partial charge in [0.05, 0.1) is 6.61 Å². The van der Waals surface area contributed by atoms with E-state index in [0.29, 0.717) is 12.8 Å². The predicted octanol–water partition coefficient (Wildman–Crippen LogP) is 8.94. The molecule has 1 saturated carbocycles. The summed E-state index contributed by atoms with van der Waals surface area (Å²) in [6.45, 7) is 3.13. The minimum atomic E-state index is -5.13. The monoisotopic (exact) mass is 885 g/mol. The molecule has 352 valence electrons. The summed E-state index contributed by atoms with van der Waals surface area (Å²) in [4.78, 5) is 35.7. The van der Waals surface area contributed by atoms with E-state index in [9.17, 15) is 44.6 Å². The number of aliphatic hydroxyl groups is 5. The molecule has 61 heavy (non-hydrogen) atoms. The number of esters is 2. The van der Waals surface area contributed by atoms with Crippen LogP contribution in [0.4, 0.5) is 0 Å². The number of hydrogen-bond acceptors (Lipinski definition) is 12. The van der Waals surface area contributed by atoms with Crippen molar-refractivity contribution in [3.63, 3.8) is 0 Å². The molecule has 0 radical (unpaired) electrons. The van der Waals surface area contributed by atoms with Crippen LogP contribution in [0.1, 0.15) is 168 Å². The lowest BCUT2D eigenvalue weighted by Gasteiger charge is -2.41. The zero-order valence-electron chi connectivity index (χ0n) is 37.2. The zero-order valence-corrected chi connectivity index (χ0v) is 38.1. The highest BCUT2D eigenvalue weighted by Crippen LogP contribution is 2.47. The molecule has 0 saturated heterocycles. The van der Waals surface area contributed by atoms with E-state index < -0.39 is 75.7 Å². The molecule has 1 fully saturated rings. The molecule has 1 aliphatic carbocycles. The van der Waals surface area contributed by atoms with Gasteiger partial charge < -0.3 is 39.9 Å². The van der Waals surface area contributed by atoms with Crippen molar-refractivity contribution in [1.29, 1.82) is 0 Å². The Labute approximate surface area is 366 Å². The standard InChI is InChI=1S/C47H81O13P/c1-3-5-7-9-11-13-15-17-19-20-22-24-26-28-30-32-34-36-41(49)59-39(38-58-61(55,56)60-47-45(53)43(51)42(50)44(52)46(47)54)37-57-40(48)35-33-31-29-27-25-23-21-18-16-14-12-10-8-6-4-2/h6,8,11-14,17-19,21,39,42-47,50-54H,3-5,7,9-10,15-16,20,22-38H2,1-2H3,(H,55,56)/b8-6-,13-11-,14-12-,19-17-,21-18-/t39-,42?,43-,44?,45?,46?,47?/m1/s1. The number of unbranched alkanes of at least 4 members (excludes halogenated alkanes) is 15. The Bertz CT molecular complexity index is 1300. The summed E-state index contributed by atoms with van der Waals surface area (Å²) in [7, 11) is -5.13. The lowest BCUT2D eigenvalue weighted by atomic mass is 9.85. The number of carbonyl (C=O) groups excluding carboxylic acids is 2. The van der Waals surface area contributed by atoms with E-state index in [4.69, 9.17) is 18.5 Å². The highest BCUT2D eigenvalue weighted by atomic mass is 31.2. The molecule has 1 rings (SSSR count). The van der Waals surface area contributed by atoms with Gasteiger partial charge in [0.1, 0.15) is 43.2 Å². The van der Waals surface area contributed by atoms with Gasteiger partial charge in [0.2, 0.25) is 0 Å². The van der Waals surface area contributed by atoms with Crippen LogP contribution in [0, 0.1) is 0 Å². The van der Waals surface area contributed by atoms with Crippen LogP contribution in [0.2, 0.25) is 0 Å². The molecule has 6 N–H and O–H groups in total. The van der Waals surface area contributed by atoms with Gasteiger partial charge >= 0.3 is 19.8 Å². The number of hydrogen-bond donors (Lipinski definition) is 6. The molecule has 1 aliphatic rings. The Morgan fingerprint density at radius 1 is 0.525 bits per heavy atom. The summed E-state index contributed by atoms with van der Waals surface area (Å²) in [6.07, 6.45) is 31.2. The third-order valence-corrected chi connectivity index (χ3v) is 11.3. The topological polar surface area (TPSA) is 210 Å². The summed E-state index contributed by atoms with van der Waals surface area (Å²) < 4.78 is 33.5. The summed E-state index contributed by atoms with van der Waals surface area (Å²) in [6, 6.07) is 0. The average Bonchev–Trinajstić information content (AvgIpc) is 3.24. The van der Waals surface area contributed by atoms with Crippen LogP contribution >= 0.6 is 7.82 Å². The second-order valence-corrected chi connectivity index (χ2v) is 17.3. The number of rotatable bonds is 37. The molecule has 6 unspecified atom stereocenters. The van der Waals surface area contributed by atoms with Crippen molar-refractivity contribution in [3.05, 3.63) is 60.8 Å². The Morgan fingerprint density at radius 2 is 0.934 bits per heavy atom. The maximum Gasteiger partial charge on any atom is 0.472 e. The summed E-state index contributed by atoms with van der Waals surface area (Å²) in [5.41, 5.74) is 0. The lowest BCUT2D eigenvalue weighted by molar-refractivity contribution is -0.220. The minimum absolute atomic E-state index is 0.0813. The lowest BCUT2D eigenvalue weighted by Crippen LogP contribution is -2.64. The van der Waals surface area contributed by atoms with Crippen LogP contribution in [-0.4, -0.2) is 98.3 Å². The number of carbonyl (C=O) groups is 2. The fourth-order valence-corrected chi connectivity index (χ4v) is 7.60. The van der Waals surface area contributed by atoms with E-state index in [0.717, 1.165) is 109 Å². The highest BCUT2D eigenvalue weighted by molar-refractivity contribution is 7.47. The molecule has 0 aliphatic heterocycles. The Balaban J connectivity index is 2.48. The van der Waals surface area contributed by atoms with Gasteiger partial charge in [-0.1, -0.05) is 139 Å². The molecular formula is C47H81O13P. The average molecular weight is 885 g/mol. The smallest absolute Gasteiger partial charge is 0.462 e. The summed E-state index contributed by atoms with van der Waals surface area (Å²) >= 11 is 0. The summed E-state index contributed by atoms with van der Waals surface area (Å²) in [5, 5.41) is 50.1. The number of phosphoric acid groups is 1. The quantitative estimate of drug-likeness (QED) is 0.0149. The van der Waals surface area contributed by atoms with Crippen molar-refractivity contribution >= 4 is 19.8 Å². The van der Waals surface area contributed by atoms with E-state index in [1.54, 1.807) is 0 Å². The third kappa shape index (κ3) is 29.5. The molecule has 0 aromatic heterocycles. The predicted molar refractivity (Wildman–Crippen MR) is 239 cm³/mol. The maximum absolute atomic E-state index is 12.8. The van der Waals surface area contributed by atoms with E-state index >= 15 is 0 Å². The van der Waals surface area contributed by atoms with Crippen LogP contribution in [0.3, 0.4) is 0 Å². The van der Waals surface area contributed by atoms with Gasteiger partial charge in [-0.2, -0.15) is 0 Å². The van der Waals surface area contributed by atoms with Gasteiger partial charge in [-0.25, -0.2) is 4.57 Å². The van der Waals surface area contributed by atoms with Gasteiger partial charge in [0, 0.05) is 12.8 Å². The van der Waals surface area contributed by atoms with Crippen molar-refractivity contribution in [2.24, 2.45) is 0 Å². The van der Waals surface area contributed by atoms with Crippen LogP contribution in [-0.2, 0) is 32.7 Å². The van der Waals surface area contributed by atoms with Crippen molar-refractivity contribution < 1.29 is 63.1 Å². The van der Waals surface area contributed by atoms with Gasteiger partial charge in [-0.3, -0.25) is 18.6 Å². The van der Waals surface area contributed by atoms with Gasteiger partial charge in [-0.05, 0) is 77.0 Å². The first-order valence-corrected chi connectivity index (χ1v) is 24.6. The molecule has 14 heteroatoms. The van der Waals surface area contributed by atoms with Gasteiger partial charge in [0.15, 0.2) is 6.10 Å². The van der Waals surface area contributed by atoms with Crippen molar-refractivity contribution in [2.45, 2.75) is 211 Å². The molecule has 0 amide bonds. The summed E-state index contributed by atoms with van der Waals surface area (Å²) in [5.74, 6) is -1.13. The fraction of sp³-hybridized carbons (Fsp3) is 0.745. The molecule has 8 atom stereocenters. The Hall–Kier alpha value is -2.45. The van der Waals surface area contributed by atoms with E-state index in [-0.39, 0.29) is 12.8 Å². The second kappa shape index (κ2) is 37.0. The number of allylic oxidation sites excluding steroid dienone is 10. The molecule has 0 spiro atoms. The first-order chi connectivity index (χ1) is 29.4. The van der Waals surface area contributed by atoms with Crippen molar-refractivity contribution in [2.75, 3.05) is 13.2 Å². The van der Waals surface area contributed by atoms with E-state index in [2.05, 4.69) is 74.6 Å². The first-order valence-electron chi connectivity index (χ1n) is 23.1. The van der Waals surface area contributed by atoms with Crippen LogP contribution in [0.25, 0.3) is 0 Å². The SMILES string of the molecule is CC/C=C\C/C=C\C/C=C\CCCCCCCC(=O)OC[C@H](COP(=O)(O)OC1C(O)C(O)C(O)[C@@H](O)C1O)OC(=O)CCCCCCCCC/C=C\C/C=C\CCCCC. The van der Waals surface area contributed by atoms with E-state index in [1.165, 1.54) is 19.3 Å². The Morgan fingerprint density at radius 3 is 1.43 bits per heavy atom. The molecular weight excluding hydrogens is 803 g/mol. The normalized spacial score (nSPS) is 22.6. The number of aliphatic hydroxyl groups excluding tert-OH is 5. The van der Waals surface area contributed by atoms with Crippen molar-refractivity contribution in [1.82, 2.24) is 0 Å². The molecule has 0 bridgehead atoms. The fourth-order valence-electron chi connectivity index (χ4n) is 6.62. The highest BCUT2D eigenvalue weighted by Gasteiger charge is 2.51. The van der Waals surface area contributed by atoms with Gasteiger partial charge in [0.25, 0.3) is 0 Å². The molecule has 0 heterocycles. The van der Waals surface area contributed by atoms with E-state index in [1.807, 2.05) is 0 Å². The van der Waals surface area contributed by atoms with Crippen LogP contribution in [0.5, 0.6) is 0 Å². The second-order valence-electron chi connectivity index (χ2n) is 15.9. The number of phosphoric ester groups is 1. The molecule has 0 aromatic carbocycles. The number of ether oxygens (including phenoxy) is 2.